The Morgan fingerprint density at radius 1 is 1.07 bits per heavy atom. The van der Waals surface area contributed by atoms with Crippen molar-refractivity contribution in [3.63, 3.8) is 0 Å². The van der Waals surface area contributed by atoms with Crippen molar-refractivity contribution in [2.75, 3.05) is 11.4 Å². The summed E-state index contributed by atoms with van der Waals surface area (Å²) in [4.78, 5) is 24.2. The minimum atomic E-state index is -0.375. The van der Waals surface area contributed by atoms with Crippen LogP contribution in [0.4, 0.5) is 5.69 Å². The molecular formula is C12H13NO2. The van der Waals surface area contributed by atoms with Crippen molar-refractivity contribution >= 4 is 17.4 Å². The summed E-state index contributed by atoms with van der Waals surface area (Å²) >= 11 is 0. The van der Waals surface area contributed by atoms with Crippen LogP contribution < -0.4 is 4.90 Å². The van der Waals surface area contributed by atoms with Gasteiger partial charge in [-0.3, -0.25) is 9.59 Å². The van der Waals surface area contributed by atoms with E-state index in [0.717, 1.165) is 16.8 Å². The molecule has 3 heteroatoms. The van der Waals surface area contributed by atoms with Crippen molar-refractivity contribution in [3.05, 3.63) is 29.3 Å². The van der Waals surface area contributed by atoms with Gasteiger partial charge in [-0.2, -0.15) is 0 Å². The van der Waals surface area contributed by atoms with Crippen LogP contribution in [0.15, 0.2) is 18.2 Å². The molecule has 0 unspecified atom stereocenters. The molecule has 0 saturated carbocycles. The first-order valence-corrected chi connectivity index (χ1v) is 5.01. The Bertz CT molecular complexity index is 417. The quantitative estimate of drug-likeness (QED) is 0.650. The predicted molar refractivity (Wildman–Crippen MR) is 57.9 cm³/mol. The Hall–Kier alpha value is -1.64. The van der Waals surface area contributed by atoms with Crippen LogP contribution >= 0.6 is 0 Å². The van der Waals surface area contributed by atoms with Crippen LogP contribution in [0.3, 0.4) is 0 Å². The van der Waals surface area contributed by atoms with Crippen LogP contribution in [0.2, 0.25) is 0 Å². The molecule has 0 bridgehead atoms. The molecule has 78 valence electrons. The lowest BCUT2D eigenvalue weighted by Gasteiger charge is -2.15. The molecule has 0 atom stereocenters. The third-order valence-corrected chi connectivity index (χ3v) is 2.56. The number of benzene rings is 1. The first kappa shape index (κ1) is 9.90. The Kier molecular flexibility index (Phi) is 2.31. The van der Waals surface area contributed by atoms with Crippen molar-refractivity contribution in [2.24, 2.45) is 0 Å². The Labute approximate surface area is 88.7 Å². The van der Waals surface area contributed by atoms with Gasteiger partial charge in [0.15, 0.2) is 0 Å². The minimum Gasteiger partial charge on any atom is -0.305 e. The maximum atomic E-state index is 11.5. The van der Waals surface area contributed by atoms with E-state index in [1.54, 1.807) is 4.90 Å². The Balaban J connectivity index is 2.38. The van der Waals surface area contributed by atoms with Gasteiger partial charge in [-0.1, -0.05) is 6.07 Å². The van der Waals surface area contributed by atoms with Gasteiger partial charge in [0.1, 0.15) is 0 Å². The standard InChI is InChI=1S/C12H13NO2/c1-8-5-9(2)7-10(6-8)13-4-3-11(14)12(13)15/h5-7H,3-4H2,1-2H3. The van der Waals surface area contributed by atoms with Gasteiger partial charge in [0.25, 0.3) is 5.91 Å². The third-order valence-electron chi connectivity index (χ3n) is 2.56. The Morgan fingerprint density at radius 3 is 2.13 bits per heavy atom. The van der Waals surface area contributed by atoms with Gasteiger partial charge in [0.2, 0.25) is 5.78 Å². The monoisotopic (exact) mass is 203 g/mol. The van der Waals surface area contributed by atoms with E-state index >= 15 is 0 Å². The molecule has 15 heavy (non-hydrogen) atoms. The van der Waals surface area contributed by atoms with Crippen molar-refractivity contribution in [3.8, 4) is 0 Å². The smallest absolute Gasteiger partial charge is 0.294 e. The molecule has 2 rings (SSSR count). The van der Waals surface area contributed by atoms with Crippen LogP contribution in [0.25, 0.3) is 0 Å². The largest absolute Gasteiger partial charge is 0.305 e. The zero-order valence-electron chi connectivity index (χ0n) is 8.91. The molecule has 1 heterocycles. The van der Waals surface area contributed by atoms with E-state index in [2.05, 4.69) is 0 Å². The second-order valence-corrected chi connectivity index (χ2v) is 3.98. The molecule has 1 fully saturated rings. The molecule has 0 N–H and O–H groups in total. The fourth-order valence-electron chi connectivity index (χ4n) is 1.93. The van der Waals surface area contributed by atoms with E-state index in [4.69, 9.17) is 0 Å². The number of Topliss-reactive ketones (excluding diaryl/α,β-unsaturated/α-hetero) is 1. The zero-order valence-corrected chi connectivity index (χ0v) is 8.91. The fourth-order valence-corrected chi connectivity index (χ4v) is 1.93. The fraction of sp³-hybridized carbons (Fsp3) is 0.333. The number of hydrogen-bond acceptors (Lipinski definition) is 2. The SMILES string of the molecule is Cc1cc(C)cc(N2CCC(=O)C2=O)c1. The van der Waals surface area contributed by atoms with Crippen molar-refractivity contribution in [2.45, 2.75) is 20.3 Å². The third kappa shape index (κ3) is 1.77. The average Bonchev–Trinajstić information content (AvgIpc) is 2.46. The lowest BCUT2D eigenvalue weighted by atomic mass is 10.1. The minimum absolute atomic E-state index is 0.283. The maximum Gasteiger partial charge on any atom is 0.294 e. The number of anilines is 1. The zero-order chi connectivity index (χ0) is 11.0. The summed E-state index contributed by atoms with van der Waals surface area (Å²) in [5, 5.41) is 0. The molecule has 3 nitrogen and oxygen atoms in total. The number of carbonyl (C=O) groups is 2. The molecule has 1 aromatic carbocycles. The lowest BCUT2D eigenvalue weighted by molar-refractivity contribution is -0.133. The van der Waals surface area contributed by atoms with Crippen LogP contribution in [-0.2, 0) is 9.59 Å². The number of rotatable bonds is 1. The number of carbonyl (C=O) groups excluding carboxylic acids is 2. The van der Waals surface area contributed by atoms with Gasteiger partial charge in [-0.15, -0.1) is 0 Å². The van der Waals surface area contributed by atoms with E-state index in [1.165, 1.54) is 0 Å². The van der Waals surface area contributed by atoms with Crippen molar-refractivity contribution in [1.82, 2.24) is 0 Å². The van der Waals surface area contributed by atoms with E-state index in [0.29, 0.717) is 13.0 Å². The number of nitrogens with zero attached hydrogens (tertiary/aromatic N) is 1. The van der Waals surface area contributed by atoms with Crippen LogP contribution in [0.5, 0.6) is 0 Å². The maximum absolute atomic E-state index is 11.5. The molecular weight excluding hydrogens is 190 g/mol. The van der Waals surface area contributed by atoms with Crippen LogP contribution in [0.1, 0.15) is 17.5 Å². The highest BCUT2D eigenvalue weighted by Gasteiger charge is 2.30. The molecule has 1 saturated heterocycles. The molecule has 1 aromatic rings. The average molecular weight is 203 g/mol. The Morgan fingerprint density at radius 2 is 1.67 bits per heavy atom. The lowest BCUT2D eigenvalue weighted by Crippen LogP contribution is -2.27. The molecule has 0 spiro atoms. The molecule has 1 amide bonds. The van der Waals surface area contributed by atoms with Crippen LogP contribution in [0, 0.1) is 13.8 Å². The van der Waals surface area contributed by atoms with E-state index in [9.17, 15) is 9.59 Å². The highest BCUT2D eigenvalue weighted by atomic mass is 16.2. The highest BCUT2D eigenvalue weighted by molar-refractivity contribution is 6.43. The summed E-state index contributed by atoms with van der Waals surface area (Å²) in [5.74, 6) is -0.658. The summed E-state index contributed by atoms with van der Waals surface area (Å²) in [7, 11) is 0. The number of ketones is 1. The van der Waals surface area contributed by atoms with Crippen molar-refractivity contribution in [1.29, 1.82) is 0 Å². The number of hydrogen-bond donors (Lipinski definition) is 0. The first-order chi connectivity index (χ1) is 7.08. The molecule has 0 aromatic heterocycles. The van der Waals surface area contributed by atoms with Gasteiger partial charge in [-0.25, -0.2) is 0 Å². The van der Waals surface area contributed by atoms with Gasteiger partial charge in [0, 0.05) is 18.7 Å². The van der Waals surface area contributed by atoms with Gasteiger partial charge < -0.3 is 4.90 Å². The van der Waals surface area contributed by atoms with E-state index < -0.39 is 0 Å². The molecule has 1 aliphatic rings. The predicted octanol–water partition coefficient (Wildman–Crippen LogP) is 1.61. The summed E-state index contributed by atoms with van der Waals surface area (Å²) in [6.07, 6.45) is 0.339. The van der Waals surface area contributed by atoms with Crippen molar-refractivity contribution < 1.29 is 9.59 Å². The molecule has 0 aliphatic carbocycles. The topological polar surface area (TPSA) is 37.4 Å². The van der Waals surface area contributed by atoms with Gasteiger partial charge in [0.05, 0.1) is 0 Å². The summed E-state index contributed by atoms with van der Waals surface area (Å²) in [5.41, 5.74) is 3.05. The second kappa shape index (κ2) is 3.50. The van der Waals surface area contributed by atoms with Gasteiger partial charge in [-0.05, 0) is 37.1 Å². The van der Waals surface area contributed by atoms with Crippen LogP contribution in [-0.4, -0.2) is 18.2 Å². The highest BCUT2D eigenvalue weighted by Crippen LogP contribution is 2.22. The second-order valence-electron chi connectivity index (χ2n) is 3.98. The summed E-state index contributed by atoms with van der Waals surface area (Å²) in [6.45, 7) is 4.48. The molecule has 1 aliphatic heterocycles. The van der Waals surface area contributed by atoms with Gasteiger partial charge >= 0.3 is 0 Å². The van der Waals surface area contributed by atoms with E-state index in [1.807, 2.05) is 32.0 Å². The summed E-state index contributed by atoms with van der Waals surface area (Å²) < 4.78 is 0. The first-order valence-electron chi connectivity index (χ1n) is 5.01. The summed E-state index contributed by atoms with van der Waals surface area (Å²) in [6, 6.07) is 5.92. The van der Waals surface area contributed by atoms with E-state index in [-0.39, 0.29) is 11.7 Å². The molecule has 0 radical (unpaired) electrons. The normalized spacial score (nSPS) is 16.3. The number of aryl methyl sites for hydroxylation is 2. The number of amides is 1.